The largest absolute Gasteiger partial charge is 0.416 e. The summed E-state index contributed by atoms with van der Waals surface area (Å²) in [5.74, 6) is -0.634. The SMILES string of the molecule is O=C(CNC(=O)C1CCCC1)Nc1ccc(C(F)(F)F)cc1. The number of carbonyl (C=O) groups is 2. The summed E-state index contributed by atoms with van der Waals surface area (Å²) in [5, 5.41) is 4.99. The van der Waals surface area contributed by atoms with Crippen molar-refractivity contribution in [3.8, 4) is 0 Å². The summed E-state index contributed by atoms with van der Waals surface area (Å²) in [6, 6.07) is 4.15. The minimum absolute atomic E-state index is 0.0288. The summed E-state index contributed by atoms with van der Waals surface area (Å²) in [6.45, 7) is -0.184. The van der Waals surface area contributed by atoms with E-state index in [4.69, 9.17) is 0 Å². The van der Waals surface area contributed by atoms with Crippen LogP contribution in [0.25, 0.3) is 0 Å². The first-order valence-electron chi connectivity index (χ1n) is 7.11. The number of benzene rings is 1. The van der Waals surface area contributed by atoms with Crippen LogP contribution in [0.1, 0.15) is 31.2 Å². The second-order valence-electron chi connectivity index (χ2n) is 5.32. The monoisotopic (exact) mass is 314 g/mol. The molecule has 0 saturated heterocycles. The molecule has 0 spiro atoms. The summed E-state index contributed by atoms with van der Waals surface area (Å²) in [4.78, 5) is 23.4. The van der Waals surface area contributed by atoms with Crippen LogP contribution in [0.2, 0.25) is 0 Å². The fourth-order valence-corrected chi connectivity index (χ4v) is 2.45. The van der Waals surface area contributed by atoms with Crippen LogP contribution < -0.4 is 10.6 Å². The molecule has 120 valence electrons. The lowest BCUT2D eigenvalue weighted by Gasteiger charge is -2.11. The summed E-state index contributed by atoms with van der Waals surface area (Å²) in [6.07, 6.45) is -0.678. The van der Waals surface area contributed by atoms with Gasteiger partial charge >= 0.3 is 6.18 Å². The smallest absolute Gasteiger partial charge is 0.347 e. The van der Waals surface area contributed by atoms with Crippen molar-refractivity contribution in [3.05, 3.63) is 29.8 Å². The van der Waals surface area contributed by atoms with Crippen molar-refractivity contribution in [3.63, 3.8) is 0 Å². The van der Waals surface area contributed by atoms with E-state index in [2.05, 4.69) is 10.6 Å². The highest BCUT2D eigenvalue weighted by atomic mass is 19.4. The minimum Gasteiger partial charge on any atom is -0.347 e. The Hall–Kier alpha value is -2.05. The van der Waals surface area contributed by atoms with Crippen molar-refractivity contribution in [1.29, 1.82) is 0 Å². The molecule has 0 unspecified atom stereocenters. The fourth-order valence-electron chi connectivity index (χ4n) is 2.45. The van der Waals surface area contributed by atoms with Crippen LogP contribution in [0.4, 0.5) is 18.9 Å². The Balaban J connectivity index is 1.80. The van der Waals surface area contributed by atoms with E-state index in [-0.39, 0.29) is 24.1 Å². The molecular formula is C15H17F3N2O2. The van der Waals surface area contributed by atoms with Gasteiger partial charge < -0.3 is 10.6 Å². The topological polar surface area (TPSA) is 58.2 Å². The van der Waals surface area contributed by atoms with Crippen LogP contribution in [-0.4, -0.2) is 18.4 Å². The number of nitrogens with one attached hydrogen (secondary N) is 2. The van der Waals surface area contributed by atoms with Gasteiger partial charge in [0.2, 0.25) is 11.8 Å². The van der Waals surface area contributed by atoms with Gasteiger partial charge in [-0.2, -0.15) is 13.2 Å². The van der Waals surface area contributed by atoms with Gasteiger partial charge in [-0.15, -0.1) is 0 Å². The second-order valence-corrected chi connectivity index (χ2v) is 5.32. The minimum atomic E-state index is -4.40. The van der Waals surface area contributed by atoms with Gasteiger partial charge in [-0.05, 0) is 37.1 Å². The summed E-state index contributed by atoms with van der Waals surface area (Å²) >= 11 is 0. The molecule has 0 heterocycles. The highest BCUT2D eigenvalue weighted by Gasteiger charge is 2.30. The van der Waals surface area contributed by atoms with Crippen molar-refractivity contribution in [1.82, 2.24) is 5.32 Å². The normalized spacial score (nSPS) is 15.6. The predicted molar refractivity (Wildman–Crippen MR) is 75.0 cm³/mol. The van der Waals surface area contributed by atoms with Gasteiger partial charge in [0.1, 0.15) is 0 Å². The Kier molecular flexibility index (Phi) is 5.05. The third kappa shape index (κ3) is 4.47. The highest BCUT2D eigenvalue weighted by Crippen LogP contribution is 2.29. The Morgan fingerprint density at radius 2 is 1.68 bits per heavy atom. The van der Waals surface area contributed by atoms with Crippen molar-refractivity contribution in [2.75, 3.05) is 11.9 Å². The molecule has 22 heavy (non-hydrogen) atoms. The van der Waals surface area contributed by atoms with Gasteiger partial charge in [0.05, 0.1) is 12.1 Å². The summed E-state index contributed by atoms with van der Waals surface area (Å²) < 4.78 is 37.2. The molecule has 0 atom stereocenters. The maximum absolute atomic E-state index is 12.4. The third-order valence-corrected chi connectivity index (χ3v) is 3.65. The van der Waals surface area contributed by atoms with Gasteiger partial charge in [0.15, 0.2) is 0 Å². The maximum Gasteiger partial charge on any atom is 0.416 e. The molecule has 1 aromatic rings. The first-order valence-corrected chi connectivity index (χ1v) is 7.11. The highest BCUT2D eigenvalue weighted by molar-refractivity contribution is 5.94. The van der Waals surface area contributed by atoms with E-state index in [1.54, 1.807) is 0 Å². The van der Waals surface area contributed by atoms with E-state index in [1.165, 1.54) is 12.1 Å². The number of alkyl halides is 3. The van der Waals surface area contributed by atoms with Gasteiger partial charge in [0, 0.05) is 11.6 Å². The molecule has 1 aliphatic rings. The van der Waals surface area contributed by atoms with Crippen molar-refractivity contribution in [2.24, 2.45) is 5.92 Å². The number of rotatable bonds is 4. The van der Waals surface area contributed by atoms with E-state index >= 15 is 0 Å². The van der Waals surface area contributed by atoms with Gasteiger partial charge in [-0.3, -0.25) is 9.59 Å². The van der Waals surface area contributed by atoms with Gasteiger partial charge in [-0.1, -0.05) is 12.8 Å². The standard InChI is InChI=1S/C15H17F3N2O2/c16-15(17,18)11-5-7-12(8-6-11)20-13(21)9-19-14(22)10-3-1-2-4-10/h5-8,10H,1-4,9H2,(H,19,22)(H,20,21). The molecule has 1 saturated carbocycles. The van der Waals surface area contributed by atoms with E-state index in [0.717, 1.165) is 37.8 Å². The molecule has 1 fully saturated rings. The molecule has 0 aliphatic heterocycles. The first kappa shape index (κ1) is 16.3. The van der Waals surface area contributed by atoms with Crippen LogP contribution in [-0.2, 0) is 15.8 Å². The number of carbonyl (C=O) groups excluding carboxylic acids is 2. The zero-order valence-corrected chi connectivity index (χ0v) is 11.9. The second kappa shape index (κ2) is 6.81. The van der Waals surface area contributed by atoms with Crippen LogP contribution >= 0.6 is 0 Å². The zero-order chi connectivity index (χ0) is 16.2. The molecule has 0 bridgehead atoms. The molecular weight excluding hydrogens is 297 g/mol. The van der Waals surface area contributed by atoms with E-state index < -0.39 is 17.6 Å². The Labute approximate surface area is 126 Å². The molecule has 7 heteroatoms. The molecule has 0 radical (unpaired) electrons. The average Bonchev–Trinajstić information content (AvgIpc) is 2.98. The van der Waals surface area contributed by atoms with Crippen molar-refractivity contribution < 1.29 is 22.8 Å². The molecule has 1 aromatic carbocycles. The number of hydrogen-bond acceptors (Lipinski definition) is 2. The van der Waals surface area contributed by atoms with Crippen LogP contribution in [0.5, 0.6) is 0 Å². The van der Waals surface area contributed by atoms with E-state index in [0.29, 0.717) is 0 Å². The third-order valence-electron chi connectivity index (χ3n) is 3.65. The number of amides is 2. The summed E-state index contributed by atoms with van der Waals surface area (Å²) in [5.41, 5.74) is -0.520. The van der Waals surface area contributed by atoms with E-state index in [1.807, 2.05) is 0 Å². The lowest BCUT2D eigenvalue weighted by atomic mass is 10.1. The Morgan fingerprint density at radius 3 is 2.23 bits per heavy atom. The lowest BCUT2D eigenvalue weighted by Crippen LogP contribution is -2.36. The van der Waals surface area contributed by atoms with Crippen molar-refractivity contribution >= 4 is 17.5 Å². The Morgan fingerprint density at radius 1 is 1.09 bits per heavy atom. The number of anilines is 1. The van der Waals surface area contributed by atoms with Crippen LogP contribution in [0.3, 0.4) is 0 Å². The lowest BCUT2D eigenvalue weighted by molar-refractivity contribution is -0.137. The van der Waals surface area contributed by atoms with Crippen LogP contribution in [0, 0.1) is 5.92 Å². The van der Waals surface area contributed by atoms with Gasteiger partial charge in [0.25, 0.3) is 0 Å². The predicted octanol–water partition coefficient (Wildman–Crippen LogP) is 2.95. The molecule has 2 amide bonds. The number of halogens is 3. The molecule has 0 aromatic heterocycles. The summed E-state index contributed by atoms with van der Waals surface area (Å²) in [7, 11) is 0. The zero-order valence-electron chi connectivity index (χ0n) is 11.9. The fraction of sp³-hybridized carbons (Fsp3) is 0.467. The van der Waals surface area contributed by atoms with Crippen molar-refractivity contribution in [2.45, 2.75) is 31.9 Å². The average molecular weight is 314 g/mol. The first-order chi connectivity index (χ1) is 10.4. The maximum atomic E-state index is 12.4. The van der Waals surface area contributed by atoms with Gasteiger partial charge in [-0.25, -0.2) is 0 Å². The molecule has 2 N–H and O–H groups in total. The molecule has 1 aliphatic carbocycles. The quantitative estimate of drug-likeness (QED) is 0.897. The molecule has 4 nitrogen and oxygen atoms in total. The van der Waals surface area contributed by atoms with E-state index in [9.17, 15) is 22.8 Å². The Bertz CT molecular complexity index is 535. The van der Waals surface area contributed by atoms with Crippen LogP contribution in [0.15, 0.2) is 24.3 Å². The number of hydrogen-bond donors (Lipinski definition) is 2. The molecule has 2 rings (SSSR count).